The fourth-order valence-electron chi connectivity index (χ4n) is 2.02. The minimum Gasteiger partial charge on any atom is -0.489 e. The van der Waals surface area contributed by atoms with E-state index in [0.29, 0.717) is 10.8 Å². The van der Waals surface area contributed by atoms with Crippen molar-refractivity contribution in [3.05, 3.63) is 64.7 Å². The molecule has 21 heavy (non-hydrogen) atoms. The fourth-order valence-corrected chi connectivity index (χ4v) is 2.26. The van der Waals surface area contributed by atoms with E-state index in [9.17, 15) is 5.11 Å². The Bertz CT molecular complexity index is 597. The topological polar surface area (TPSA) is 55.5 Å². The van der Waals surface area contributed by atoms with Crippen molar-refractivity contribution in [3.8, 4) is 5.75 Å². The highest BCUT2D eigenvalue weighted by atomic mass is 35.5. The summed E-state index contributed by atoms with van der Waals surface area (Å²) in [5.41, 5.74) is 6.48. The monoisotopic (exact) mass is 305 g/mol. The summed E-state index contributed by atoms with van der Waals surface area (Å²) < 4.78 is 5.67. The molecular weight excluding hydrogens is 286 g/mol. The second kappa shape index (κ2) is 6.48. The van der Waals surface area contributed by atoms with Crippen LogP contribution in [-0.2, 0) is 5.60 Å². The van der Waals surface area contributed by atoms with Gasteiger partial charge in [-0.2, -0.15) is 0 Å². The number of hydrogen-bond donors (Lipinski definition) is 2. The van der Waals surface area contributed by atoms with Gasteiger partial charge >= 0.3 is 0 Å². The number of rotatable bonds is 5. The maximum atomic E-state index is 10.5. The zero-order chi connectivity index (χ0) is 15.5. The summed E-state index contributed by atoms with van der Waals surface area (Å²) in [6, 6.07) is 14.8. The zero-order valence-corrected chi connectivity index (χ0v) is 13.0. The van der Waals surface area contributed by atoms with Crippen molar-refractivity contribution in [1.29, 1.82) is 0 Å². The van der Waals surface area contributed by atoms with Gasteiger partial charge in [0.2, 0.25) is 0 Å². The molecule has 0 saturated carbocycles. The Morgan fingerprint density at radius 3 is 2.48 bits per heavy atom. The predicted molar refractivity (Wildman–Crippen MR) is 85.6 cm³/mol. The second-order valence-corrected chi connectivity index (χ2v) is 5.81. The predicted octanol–water partition coefficient (Wildman–Crippen LogP) is 3.65. The molecule has 0 aliphatic rings. The summed E-state index contributed by atoms with van der Waals surface area (Å²) in [5.74, 6) is 0.539. The van der Waals surface area contributed by atoms with E-state index < -0.39 is 5.60 Å². The van der Waals surface area contributed by atoms with E-state index in [1.165, 1.54) is 0 Å². The summed E-state index contributed by atoms with van der Waals surface area (Å²) in [4.78, 5) is 0. The fraction of sp³-hybridized carbons (Fsp3) is 0.294. The van der Waals surface area contributed by atoms with Gasteiger partial charge in [-0.3, -0.25) is 0 Å². The van der Waals surface area contributed by atoms with Gasteiger partial charge in [-0.15, -0.1) is 0 Å². The molecule has 0 amide bonds. The minimum atomic E-state index is -1.08. The maximum Gasteiger partial charge on any atom is 0.138 e. The number of benzene rings is 2. The Hall–Kier alpha value is -1.55. The molecule has 1 unspecified atom stereocenters. The van der Waals surface area contributed by atoms with E-state index in [1.54, 1.807) is 19.1 Å². The van der Waals surface area contributed by atoms with Crippen LogP contribution >= 0.6 is 11.6 Å². The molecule has 3 N–H and O–H groups in total. The zero-order valence-electron chi connectivity index (χ0n) is 12.2. The highest BCUT2D eigenvalue weighted by molar-refractivity contribution is 6.32. The van der Waals surface area contributed by atoms with Gasteiger partial charge in [-0.05, 0) is 37.1 Å². The lowest BCUT2D eigenvalue weighted by Crippen LogP contribution is -2.29. The van der Waals surface area contributed by atoms with E-state index in [-0.39, 0.29) is 12.6 Å². The molecule has 2 rings (SSSR count). The van der Waals surface area contributed by atoms with Crippen molar-refractivity contribution in [2.45, 2.75) is 25.5 Å². The molecule has 0 aliphatic heterocycles. The number of aliphatic hydroxyl groups is 1. The third kappa shape index (κ3) is 3.97. The van der Waals surface area contributed by atoms with Crippen LogP contribution in [0, 0.1) is 0 Å². The van der Waals surface area contributed by atoms with Crippen LogP contribution in [0.4, 0.5) is 0 Å². The molecule has 3 nitrogen and oxygen atoms in total. The van der Waals surface area contributed by atoms with Crippen LogP contribution in [0.2, 0.25) is 5.02 Å². The lowest BCUT2D eigenvalue weighted by Gasteiger charge is -2.24. The quantitative estimate of drug-likeness (QED) is 0.886. The summed E-state index contributed by atoms with van der Waals surface area (Å²) in [6.07, 6.45) is 0. The number of halogens is 1. The Morgan fingerprint density at radius 1 is 1.24 bits per heavy atom. The molecule has 4 heteroatoms. The highest BCUT2D eigenvalue weighted by Crippen LogP contribution is 2.29. The van der Waals surface area contributed by atoms with E-state index >= 15 is 0 Å². The molecule has 0 heterocycles. The first-order chi connectivity index (χ1) is 9.90. The molecule has 0 fully saturated rings. The van der Waals surface area contributed by atoms with Gasteiger partial charge in [0.1, 0.15) is 18.0 Å². The molecule has 0 aliphatic carbocycles. The molecule has 0 aromatic heterocycles. The smallest absolute Gasteiger partial charge is 0.138 e. The summed E-state index contributed by atoms with van der Waals surface area (Å²) in [7, 11) is 0. The number of ether oxygens (including phenoxy) is 1. The lowest BCUT2D eigenvalue weighted by molar-refractivity contribution is 0.00763. The average Bonchev–Trinajstić information content (AvgIpc) is 2.46. The van der Waals surface area contributed by atoms with E-state index in [4.69, 9.17) is 22.1 Å². The second-order valence-electron chi connectivity index (χ2n) is 5.41. The van der Waals surface area contributed by atoms with Crippen molar-refractivity contribution >= 4 is 11.6 Å². The van der Waals surface area contributed by atoms with Crippen molar-refractivity contribution in [2.24, 2.45) is 5.73 Å². The highest BCUT2D eigenvalue weighted by Gasteiger charge is 2.24. The first-order valence-corrected chi connectivity index (χ1v) is 7.23. The lowest BCUT2D eigenvalue weighted by atomic mass is 9.97. The first kappa shape index (κ1) is 15.8. The van der Waals surface area contributed by atoms with Crippen molar-refractivity contribution in [2.75, 3.05) is 6.61 Å². The molecule has 112 valence electrons. The van der Waals surface area contributed by atoms with Gasteiger partial charge in [0.05, 0.1) is 5.02 Å². The van der Waals surface area contributed by atoms with Crippen LogP contribution < -0.4 is 10.5 Å². The van der Waals surface area contributed by atoms with Crippen LogP contribution in [0.5, 0.6) is 5.75 Å². The van der Waals surface area contributed by atoms with Crippen LogP contribution in [0.3, 0.4) is 0 Å². The van der Waals surface area contributed by atoms with Crippen LogP contribution in [0.1, 0.15) is 31.0 Å². The number of hydrogen-bond acceptors (Lipinski definition) is 3. The van der Waals surface area contributed by atoms with Gasteiger partial charge in [0.25, 0.3) is 0 Å². The van der Waals surface area contributed by atoms with Crippen molar-refractivity contribution < 1.29 is 9.84 Å². The standard InChI is InChI=1S/C17H20ClNO2/c1-12(19)13-8-9-16(15(18)10-13)21-11-17(2,20)14-6-4-3-5-7-14/h3-10,12,20H,11,19H2,1-2H3/t12-,17?/m0/s1. The molecule has 0 saturated heterocycles. The van der Waals surface area contributed by atoms with Crippen LogP contribution in [0.15, 0.2) is 48.5 Å². The van der Waals surface area contributed by atoms with Gasteiger partial charge in [0.15, 0.2) is 0 Å². The largest absolute Gasteiger partial charge is 0.489 e. The minimum absolute atomic E-state index is 0.0797. The number of nitrogens with two attached hydrogens (primary N) is 1. The maximum absolute atomic E-state index is 10.5. The molecule has 2 aromatic rings. The SMILES string of the molecule is C[C@H](N)c1ccc(OCC(C)(O)c2ccccc2)c(Cl)c1. The molecule has 2 aromatic carbocycles. The van der Waals surface area contributed by atoms with Gasteiger partial charge in [-0.25, -0.2) is 0 Å². The normalized spacial score (nSPS) is 15.3. The summed E-state index contributed by atoms with van der Waals surface area (Å²) in [6.45, 7) is 3.73. The third-order valence-electron chi connectivity index (χ3n) is 3.39. The Kier molecular flexibility index (Phi) is 4.88. The average molecular weight is 306 g/mol. The van der Waals surface area contributed by atoms with Crippen molar-refractivity contribution in [1.82, 2.24) is 0 Å². The third-order valence-corrected chi connectivity index (χ3v) is 3.68. The Balaban J connectivity index is 2.09. The Morgan fingerprint density at radius 2 is 1.90 bits per heavy atom. The molecular formula is C17H20ClNO2. The Labute approximate surface area is 130 Å². The molecule has 0 bridgehead atoms. The summed E-state index contributed by atoms with van der Waals surface area (Å²) >= 11 is 6.19. The van der Waals surface area contributed by atoms with Crippen molar-refractivity contribution in [3.63, 3.8) is 0 Å². The van der Waals surface area contributed by atoms with Crippen LogP contribution in [0.25, 0.3) is 0 Å². The van der Waals surface area contributed by atoms with E-state index in [2.05, 4.69) is 0 Å². The van der Waals surface area contributed by atoms with E-state index in [0.717, 1.165) is 11.1 Å². The summed E-state index contributed by atoms with van der Waals surface area (Å²) in [5, 5.41) is 11.0. The molecule has 0 spiro atoms. The van der Waals surface area contributed by atoms with E-state index in [1.807, 2.05) is 43.3 Å². The van der Waals surface area contributed by atoms with Gasteiger partial charge < -0.3 is 15.6 Å². The van der Waals surface area contributed by atoms with Crippen LogP contribution in [-0.4, -0.2) is 11.7 Å². The van der Waals surface area contributed by atoms with Gasteiger partial charge in [0, 0.05) is 6.04 Å². The molecule has 2 atom stereocenters. The van der Waals surface area contributed by atoms with Gasteiger partial charge in [-0.1, -0.05) is 48.0 Å². The first-order valence-electron chi connectivity index (χ1n) is 6.86. The molecule has 0 radical (unpaired) electrons.